The fourth-order valence-electron chi connectivity index (χ4n) is 1.94. The van der Waals surface area contributed by atoms with Crippen LogP contribution in [0.3, 0.4) is 0 Å². The van der Waals surface area contributed by atoms with Crippen molar-refractivity contribution in [3.05, 3.63) is 51.2 Å². The molecule has 0 bridgehead atoms. The van der Waals surface area contributed by atoms with Gasteiger partial charge in [-0.1, -0.05) is 6.92 Å². The van der Waals surface area contributed by atoms with Crippen LogP contribution in [0.1, 0.15) is 27.7 Å². The van der Waals surface area contributed by atoms with Gasteiger partial charge in [-0.15, -0.1) is 11.3 Å². The first kappa shape index (κ1) is 15.4. The highest BCUT2D eigenvalue weighted by molar-refractivity contribution is 7.10. The Hall–Kier alpha value is -1.99. The number of benzene rings is 1. The van der Waals surface area contributed by atoms with E-state index in [-0.39, 0.29) is 5.56 Å². The van der Waals surface area contributed by atoms with Gasteiger partial charge in [0.1, 0.15) is 5.69 Å². The lowest BCUT2D eigenvalue weighted by atomic mass is 10.1. The van der Waals surface area contributed by atoms with Crippen molar-refractivity contribution in [1.29, 1.82) is 0 Å². The van der Waals surface area contributed by atoms with E-state index in [0.29, 0.717) is 6.54 Å². The lowest BCUT2D eigenvalue weighted by Crippen LogP contribution is -2.23. The summed E-state index contributed by atoms with van der Waals surface area (Å²) in [5.74, 6) is 2.65. The van der Waals surface area contributed by atoms with Crippen molar-refractivity contribution in [2.24, 2.45) is 5.84 Å². The average molecular weight is 311 g/mol. The number of nitrogen functional groups attached to an aromatic ring is 1. The molecular weight excluding hydrogens is 296 g/mol. The molecular formula is C14H15F2N3OS. The third kappa shape index (κ3) is 3.37. The second-order valence-electron chi connectivity index (χ2n) is 4.36. The molecule has 7 heteroatoms. The summed E-state index contributed by atoms with van der Waals surface area (Å²) in [6, 6.07) is 3.89. The van der Waals surface area contributed by atoms with Crippen molar-refractivity contribution in [3.8, 4) is 0 Å². The molecule has 1 aromatic carbocycles. The summed E-state index contributed by atoms with van der Waals surface area (Å²) in [5, 5.41) is 4.60. The van der Waals surface area contributed by atoms with E-state index in [9.17, 15) is 13.6 Å². The number of nitrogens with two attached hydrogens (primary N) is 1. The van der Waals surface area contributed by atoms with Crippen LogP contribution >= 0.6 is 11.3 Å². The second kappa shape index (κ2) is 6.64. The van der Waals surface area contributed by atoms with E-state index in [1.165, 1.54) is 11.3 Å². The molecule has 0 saturated heterocycles. The van der Waals surface area contributed by atoms with Crippen LogP contribution in [0.4, 0.5) is 14.5 Å². The van der Waals surface area contributed by atoms with Gasteiger partial charge in [-0.2, -0.15) is 0 Å². The number of amides is 1. The van der Waals surface area contributed by atoms with Gasteiger partial charge in [-0.3, -0.25) is 10.6 Å². The average Bonchev–Trinajstić information content (AvgIpc) is 2.91. The zero-order valence-electron chi connectivity index (χ0n) is 11.4. The van der Waals surface area contributed by atoms with E-state index in [4.69, 9.17) is 5.84 Å². The molecule has 0 radical (unpaired) electrons. The van der Waals surface area contributed by atoms with Crippen molar-refractivity contribution in [2.75, 3.05) is 5.43 Å². The number of carbonyl (C=O) groups excluding carboxylic acids is 1. The van der Waals surface area contributed by atoms with Gasteiger partial charge < -0.3 is 10.7 Å². The smallest absolute Gasteiger partial charge is 0.251 e. The summed E-state index contributed by atoms with van der Waals surface area (Å²) >= 11 is 1.53. The minimum Gasteiger partial charge on any atom is -0.347 e. The number of nitrogens with one attached hydrogen (secondary N) is 2. The summed E-state index contributed by atoms with van der Waals surface area (Å²) < 4.78 is 27.1. The maximum absolute atomic E-state index is 13.5. The molecule has 2 rings (SSSR count). The topological polar surface area (TPSA) is 67.2 Å². The summed E-state index contributed by atoms with van der Waals surface area (Å²) in [6.45, 7) is 2.36. The molecule has 0 atom stereocenters. The second-order valence-corrected chi connectivity index (χ2v) is 5.37. The Morgan fingerprint density at radius 3 is 2.57 bits per heavy atom. The van der Waals surface area contributed by atoms with E-state index < -0.39 is 23.2 Å². The number of hydrogen-bond acceptors (Lipinski definition) is 4. The van der Waals surface area contributed by atoms with Gasteiger partial charge in [-0.05, 0) is 35.6 Å². The molecule has 4 nitrogen and oxygen atoms in total. The van der Waals surface area contributed by atoms with Gasteiger partial charge in [0.05, 0.1) is 6.54 Å². The molecule has 0 saturated carbocycles. The standard InChI is InChI=1S/C14H15F2N3OS/c1-2-8-3-4-21-12(8)7-18-14(20)9-5-10(15)13(19-17)11(16)6-9/h3-6,19H,2,7,17H2,1H3,(H,18,20). The number of carbonyl (C=O) groups is 1. The highest BCUT2D eigenvalue weighted by Gasteiger charge is 2.15. The molecule has 0 unspecified atom stereocenters. The van der Waals surface area contributed by atoms with Crippen LogP contribution in [0.25, 0.3) is 0 Å². The predicted octanol–water partition coefficient (Wildman–Crippen LogP) is 2.80. The van der Waals surface area contributed by atoms with E-state index in [1.54, 1.807) is 0 Å². The van der Waals surface area contributed by atoms with Crippen LogP contribution in [-0.4, -0.2) is 5.91 Å². The summed E-state index contributed by atoms with van der Waals surface area (Å²) in [6.07, 6.45) is 0.870. The molecule has 1 heterocycles. The zero-order chi connectivity index (χ0) is 15.4. The van der Waals surface area contributed by atoms with Crippen molar-refractivity contribution in [1.82, 2.24) is 5.32 Å². The number of thiophene rings is 1. The van der Waals surface area contributed by atoms with E-state index in [2.05, 4.69) is 5.32 Å². The Balaban J connectivity index is 2.10. The van der Waals surface area contributed by atoms with Gasteiger partial charge in [0.25, 0.3) is 5.91 Å². The van der Waals surface area contributed by atoms with Crippen LogP contribution in [0.5, 0.6) is 0 Å². The fourth-order valence-corrected chi connectivity index (χ4v) is 2.86. The minimum absolute atomic E-state index is 0.0846. The van der Waals surface area contributed by atoms with Gasteiger partial charge in [-0.25, -0.2) is 8.78 Å². The Bertz CT molecular complexity index is 634. The minimum atomic E-state index is -0.909. The number of hydrazine groups is 1. The highest BCUT2D eigenvalue weighted by atomic mass is 32.1. The molecule has 0 aliphatic carbocycles. The Labute approximate surface area is 124 Å². The largest absolute Gasteiger partial charge is 0.347 e. The maximum Gasteiger partial charge on any atom is 0.251 e. The molecule has 0 fully saturated rings. The molecule has 1 amide bonds. The Kier molecular flexibility index (Phi) is 4.87. The predicted molar refractivity (Wildman–Crippen MR) is 79.0 cm³/mol. The fraction of sp³-hybridized carbons (Fsp3) is 0.214. The van der Waals surface area contributed by atoms with E-state index >= 15 is 0 Å². The summed E-state index contributed by atoms with van der Waals surface area (Å²) in [7, 11) is 0. The van der Waals surface area contributed by atoms with Crippen LogP contribution < -0.4 is 16.6 Å². The van der Waals surface area contributed by atoms with Crippen molar-refractivity contribution < 1.29 is 13.6 Å². The number of hydrogen-bond donors (Lipinski definition) is 3. The van der Waals surface area contributed by atoms with Gasteiger partial charge in [0.2, 0.25) is 0 Å². The molecule has 0 aliphatic heterocycles. The van der Waals surface area contributed by atoms with Crippen molar-refractivity contribution in [3.63, 3.8) is 0 Å². The lowest BCUT2D eigenvalue weighted by Gasteiger charge is -2.08. The first-order valence-electron chi connectivity index (χ1n) is 6.36. The molecule has 0 aliphatic rings. The Morgan fingerprint density at radius 2 is 2.00 bits per heavy atom. The van der Waals surface area contributed by atoms with Crippen LogP contribution in [0.15, 0.2) is 23.6 Å². The lowest BCUT2D eigenvalue weighted by molar-refractivity contribution is 0.0950. The highest BCUT2D eigenvalue weighted by Crippen LogP contribution is 2.20. The van der Waals surface area contributed by atoms with E-state index in [1.807, 2.05) is 23.8 Å². The van der Waals surface area contributed by atoms with Gasteiger partial charge in [0, 0.05) is 10.4 Å². The molecule has 0 spiro atoms. The van der Waals surface area contributed by atoms with Crippen LogP contribution in [0.2, 0.25) is 0 Å². The molecule has 21 heavy (non-hydrogen) atoms. The quantitative estimate of drug-likeness (QED) is 0.587. The molecule has 2 aromatic rings. The van der Waals surface area contributed by atoms with Gasteiger partial charge in [0.15, 0.2) is 11.6 Å². The summed E-state index contributed by atoms with van der Waals surface area (Å²) in [4.78, 5) is 13.0. The first-order chi connectivity index (χ1) is 10.1. The Morgan fingerprint density at radius 1 is 1.33 bits per heavy atom. The number of rotatable bonds is 5. The number of halogens is 2. The maximum atomic E-state index is 13.5. The third-order valence-electron chi connectivity index (χ3n) is 3.08. The molecule has 1 aromatic heterocycles. The third-order valence-corrected chi connectivity index (χ3v) is 4.04. The van der Waals surface area contributed by atoms with Crippen LogP contribution in [0, 0.1) is 11.6 Å². The van der Waals surface area contributed by atoms with E-state index in [0.717, 1.165) is 29.0 Å². The molecule has 112 valence electrons. The number of anilines is 1. The first-order valence-corrected chi connectivity index (χ1v) is 7.23. The van der Waals surface area contributed by atoms with Crippen LogP contribution in [-0.2, 0) is 13.0 Å². The zero-order valence-corrected chi connectivity index (χ0v) is 12.2. The summed E-state index contributed by atoms with van der Waals surface area (Å²) in [5.41, 5.74) is 2.53. The number of aryl methyl sites for hydroxylation is 1. The monoisotopic (exact) mass is 311 g/mol. The van der Waals surface area contributed by atoms with Crippen molar-refractivity contribution in [2.45, 2.75) is 19.9 Å². The SMILES string of the molecule is CCc1ccsc1CNC(=O)c1cc(F)c(NN)c(F)c1. The normalized spacial score (nSPS) is 10.5. The van der Waals surface area contributed by atoms with Crippen molar-refractivity contribution >= 4 is 22.9 Å². The van der Waals surface area contributed by atoms with Gasteiger partial charge >= 0.3 is 0 Å². The molecule has 4 N–H and O–H groups in total.